The minimum absolute atomic E-state index is 0.581. The first-order valence-electron chi connectivity index (χ1n) is 4.76. The summed E-state index contributed by atoms with van der Waals surface area (Å²) in [6.07, 6.45) is 0.985. The van der Waals surface area contributed by atoms with Crippen LogP contribution in [-0.4, -0.2) is 7.11 Å². The Morgan fingerprint density at radius 3 is 2.07 bits per heavy atom. The fraction of sp³-hybridized carbons (Fsp3) is 0.455. The number of nitrogens with two attached hydrogens (primary N) is 2. The Bertz CT molecular complexity index is 298. The van der Waals surface area contributed by atoms with Gasteiger partial charge >= 0.3 is 0 Å². The molecular weight excluding hydrogens is 176 g/mol. The van der Waals surface area contributed by atoms with E-state index < -0.39 is 0 Å². The number of hydrogen-bond donors (Lipinski definition) is 2. The quantitative estimate of drug-likeness (QED) is 0.724. The molecule has 1 aromatic rings. The van der Waals surface area contributed by atoms with Gasteiger partial charge in [-0.25, -0.2) is 0 Å². The van der Waals surface area contributed by atoms with Crippen LogP contribution < -0.4 is 16.2 Å². The number of rotatable bonds is 3. The van der Waals surface area contributed by atoms with Crippen molar-refractivity contribution in [2.45, 2.75) is 20.3 Å². The van der Waals surface area contributed by atoms with E-state index in [-0.39, 0.29) is 0 Å². The first kappa shape index (κ1) is 10.7. The zero-order valence-corrected chi connectivity index (χ0v) is 9.00. The Kier molecular flexibility index (Phi) is 3.23. The van der Waals surface area contributed by atoms with E-state index >= 15 is 0 Å². The zero-order valence-electron chi connectivity index (χ0n) is 9.00. The third kappa shape index (κ3) is 2.31. The molecule has 0 spiro atoms. The summed E-state index contributed by atoms with van der Waals surface area (Å²) in [4.78, 5) is 0. The van der Waals surface area contributed by atoms with Crippen LogP contribution in [0.5, 0.6) is 5.75 Å². The molecule has 4 N–H and O–H groups in total. The number of anilines is 2. The molecule has 0 aromatic heterocycles. The van der Waals surface area contributed by atoms with Gasteiger partial charge in [-0.15, -0.1) is 0 Å². The highest BCUT2D eigenvalue weighted by molar-refractivity contribution is 5.68. The van der Waals surface area contributed by atoms with Crippen LogP contribution in [0.4, 0.5) is 11.4 Å². The van der Waals surface area contributed by atoms with Crippen LogP contribution in [0.2, 0.25) is 0 Å². The molecule has 0 aliphatic heterocycles. The van der Waals surface area contributed by atoms with Crippen LogP contribution in [0.1, 0.15) is 19.4 Å². The predicted molar refractivity (Wildman–Crippen MR) is 60.4 cm³/mol. The molecule has 0 aliphatic rings. The van der Waals surface area contributed by atoms with E-state index in [0.717, 1.165) is 12.0 Å². The van der Waals surface area contributed by atoms with Crippen molar-refractivity contribution < 1.29 is 4.74 Å². The summed E-state index contributed by atoms with van der Waals surface area (Å²) < 4.78 is 5.09. The van der Waals surface area contributed by atoms with Gasteiger partial charge in [0.2, 0.25) is 0 Å². The second-order valence-corrected chi connectivity index (χ2v) is 3.91. The van der Waals surface area contributed by atoms with E-state index in [1.807, 2.05) is 12.1 Å². The maximum Gasteiger partial charge on any atom is 0.164 e. The Labute approximate surface area is 85.0 Å². The summed E-state index contributed by atoms with van der Waals surface area (Å²) in [5.74, 6) is 1.18. The van der Waals surface area contributed by atoms with Crippen LogP contribution in [0.15, 0.2) is 12.1 Å². The lowest BCUT2D eigenvalue weighted by Crippen LogP contribution is -2.01. The van der Waals surface area contributed by atoms with E-state index in [2.05, 4.69) is 13.8 Å². The Morgan fingerprint density at radius 2 is 1.71 bits per heavy atom. The smallest absolute Gasteiger partial charge is 0.164 e. The predicted octanol–water partition coefficient (Wildman–Crippen LogP) is 2.06. The SMILES string of the molecule is COc1c(N)cc(CC(C)C)cc1N. The van der Waals surface area contributed by atoms with Gasteiger partial charge in [0.1, 0.15) is 0 Å². The fourth-order valence-electron chi connectivity index (χ4n) is 1.56. The number of methoxy groups -OCH3 is 1. The maximum atomic E-state index is 5.80. The minimum Gasteiger partial charge on any atom is -0.492 e. The summed E-state index contributed by atoms with van der Waals surface area (Å²) >= 11 is 0. The molecule has 0 saturated heterocycles. The van der Waals surface area contributed by atoms with Gasteiger partial charge in [0.25, 0.3) is 0 Å². The first-order valence-corrected chi connectivity index (χ1v) is 4.76. The fourth-order valence-corrected chi connectivity index (χ4v) is 1.56. The Balaban J connectivity index is 3.01. The van der Waals surface area contributed by atoms with Gasteiger partial charge in [0, 0.05) is 0 Å². The molecule has 0 bridgehead atoms. The lowest BCUT2D eigenvalue weighted by molar-refractivity contribution is 0.419. The highest BCUT2D eigenvalue weighted by atomic mass is 16.5. The van der Waals surface area contributed by atoms with Crippen molar-refractivity contribution in [2.75, 3.05) is 18.6 Å². The van der Waals surface area contributed by atoms with Crippen molar-refractivity contribution in [1.82, 2.24) is 0 Å². The molecule has 3 nitrogen and oxygen atoms in total. The first-order chi connectivity index (χ1) is 6.54. The molecule has 78 valence electrons. The van der Waals surface area contributed by atoms with Gasteiger partial charge in [0.05, 0.1) is 18.5 Å². The third-order valence-corrected chi connectivity index (χ3v) is 2.05. The monoisotopic (exact) mass is 194 g/mol. The van der Waals surface area contributed by atoms with Gasteiger partial charge in [-0.05, 0) is 30.0 Å². The summed E-state index contributed by atoms with van der Waals surface area (Å²) in [5, 5.41) is 0. The maximum absolute atomic E-state index is 5.80. The van der Waals surface area contributed by atoms with Gasteiger partial charge < -0.3 is 16.2 Å². The van der Waals surface area contributed by atoms with Crippen LogP contribution in [-0.2, 0) is 6.42 Å². The molecule has 1 aromatic carbocycles. The van der Waals surface area contributed by atoms with Gasteiger partial charge in [-0.3, -0.25) is 0 Å². The molecule has 14 heavy (non-hydrogen) atoms. The third-order valence-electron chi connectivity index (χ3n) is 2.05. The normalized spacial score (nSPS) is 10.6. The molecular formula is C11H18N2O. The van der Waals surface area contributed by atoms with Gasteiger partial charge in [0.15, 0.2) is 5.75 Å². The highest BCUT2D eigenvalue weighted by Crippen LogP contribution is 2.30. The number of hydrogen-bond acceptors (Lipinski definition) is 3. The molecule has 0 saturated carbocycles. The largest absolute Gasteiger partial charge is 0.492 e. The summed E-state index contributed by atoms with van der Waals surface area (Å²) in [7, 11) is 1.57. The topological polar surface area (TPSA) is 61.3 Å². The van der Waals surface area contributed by atoms with Crippen LogP contribution >= 0.6 is 0 Å². The van der Waals surface area contributed by atoms with E-state index in [9.17, 15) is 0 Å². The van der Waals surface area contributed by atoms with Crippen LogP contribution in [0, 0.1) is 5.92 Å². The molecule has 3 heteroatoms. The van der Waals surface area contributed by atoms with Crippen LogP contribution in [0.25, 0.3) is 0 Å². The lowest BCUT2D eigenvalue weighted by Gasteiger charge is -2.11. The van der Waals surface area contributed by atoms with E-state index in [4.69, 9.17) is 16.2 Å². The lowest BCUT2D eigenvalue weighted by atomic mass is 10.0. The average Bonchev–Trinajstić information content (AvgIpc) is 2.01. The second-order valence-electron chi connectivity index (χ2n) is 3.91. The van der Waals surface area contributed by atoms with Crippen molar-refractivity contribution in [3.05, 3.63) is 17.7 Å². The Hall–Kier alpha value is -1.38. The van der Waals surface area contributed by atoms with Gasteiger partial charge in [-0.1, -0.05) is 13.8 Å². The van der Waals surface area contributed by atoms with E-state index in [1.165, 1.54) is 0 Å². The molecule has 0 aliphatic carbocycles. The van der Waals surface area contributed by atoms with Crippen molar-refractivity contribution in [2.24, 2.45) is 5.92 Å². The molecule has 0 atom stereocenters. The van der Waals surface area contributed by atoms with Gasteiger partial charge in [-0.2, -0.15) is 0 Å². The average molecular weight is 194 g/mol. The Morgan fingerprint density at radius 1 is 1.21 bits per heavy atom. The standard InChI is InChI=1S/C11H18N2O/c1-7(2)4-8-5-9(12)11(14-3)10(13)6-8/h5-7H,4,12-13H2,1-3H3. The number of nitrogen functional groups attached to an aromatic ring is 2. The molecule has 0 radical (unpaired) electrons. The summed E-state index contributed by atoms with van der Waals surface area (Å²) in [6.45, 7) is 4.33. The summed E-state index contributed by atoms with van der Waals surface area (Å²) in [6, 6.07) is 3.85. The molecule has 0 fully saturated rings. The van der Waals surface area contributed by atoms with Crippen LogP contribution in [0.3, 0.4) is 0 Å². The molecule has 0 heterocycles. The van der Waals surface area contributed by atoms with E-state index in [0.29, 0.717) is 23.0 Å². The summed E-state index contributed by atoms with van der Waals surface area (Å²) in [5.41, 5.74) is 14.0. The molecule has 0 unspecified atom stereocenters. The number of ether oxygens (including phenoxy) is 1. The van der Waals surface area contributed by atoms with Crippen molar-refractivity contribution in [3.63, 3.8) is 0 Å². The highest BCUT2D eigenvalue weighted by Gasteiger charge is 2.07. The van der Waals surface area contributed by atoms with Crippen molar-refractivity contribution in [1.29, 1.82) is 0 Å². The molecule has 1 rings (SSSR count). The second kappa shape index (κ2) is 4.22. The molecule has 0 amide bonds. The van der Waals surface area contributed by atoms with E-state index in [1.54, 1.807) is 7.11 Å². The van der Waals surface area contributed by atoms with Crippen molar-refractivity contribution >= 4 is 11.4 Å². The number of benzene rings is 1. The van der Waals surface area contributed by atoms with Crippen molar-refractivity contribution in [3.8, 4) is 5.75 Å². The minimum atomic E-state index is 0.581. The zero-order chi connectivity index (χ0) is 10.7.